The second kappa shape index (κ2) is 12.2. The van der Waals surface area contributed by atoms with Crippen LogP contribution in [0.1, 0.15) is 27.7 Å². The Hall–Kier alpha value is -3.84. The molecule has 0 saturated carbocycles. The Bertz CT molecular complexity index is 1180. The normalized spacial score (nSPS) is 15.5. The first kappa shape index (κ1) is 26.8. The first-order chi connectivity index (χ1) is 17.1. The number of nitrogens with one attached hydrogen (secondary N) is 2. The number of amides is 2. The van der Waals surface area contributed by atoms with Gasteiger partial charge in [-0.05, 0) is 43.7 Å². The average Bonchev–Trinajstić information content (AvgIpc) is 3.50. The number of anilines is 2. The van der Waals surface area contributed by atoms with Gasteiger partial charge in [-0.1, -0.05) is 47.7 Å². The highest BCUT2D eigenvalue weighted by atomic mass is 32.1. The first-order valence-corrected chi connectivity index (χ1v) is 11.5. The molecule has 1 unspecified atom stereocenters. The number of benzene rings is 2. The third-order valence-corrected chi connectivity index (χ3v) is 5.89. The van der Waals surface area contributed by atoms with Crippen LogP contribution in [0.15, 0.2) is 60.7 Å². The third kappa shape index (κ3) is 7.85. The van der Waals surface area contributed by atoms with E-state index in [2.05, 4.69) is 25.7 Å². The number of hydrogen-bond donors (Lipinski definition) is 3. The molecule has 9 nitrogen and oxygen atoms in total. The Morgan fingerprint density at radius 1 is 0.972 bits per heavy atom. The molecule has 190 valence electrons. The zero-order chi connectivity index (χ0) is 26.1. The van der Waals surface area contributed by atoms with Crippen LogP contribution in [0.2, 0.25) is 0 Å². The molecule has 1 aliphatic rings. The van der Waals surface area contributed by atoms with Crippen LogP contribution in [-0.4, -0.2) is 56.8 Å². The van der Waals surface area contributed by atoms with Crippen LogP contribution in [-0.2, 0) is 16.1 Å². The molecule has 0 radical (unpaired) electrons. The van der Waals surface area contributed by atoms with Crippen molar-refractivity contribution in [3.63, 3.8) is 0 Å². The maximum Gasteiger partial charge on any atom is 0.490 e. The van der Waals surface area contributed by atoms with Crippen molar-refractivity contribution in [2.45, 2.75) is 31.6 Å². The SMILES string of the molecule is O=C(Nc1ccccc1)c1nnc(CN2CCCC2C(=O)Nc2ccccc2)s1.O=C(O)C(F)(F)F. The van der Waals surface area contributed by atoms with Crippen molar-refractivity contribution in [1.82, 2.24) is 15.1 Å². The lowest BCUT2D eigenvalue weighted by Gasteiger charge is -2.22. The van der Waals surface area contributed by atoms with E-state index in [9.17, 15) is 22.8 Å². The van der Waals surface area contributed by atoms with Gasteiger partial charge in [0.1, 0.15) is 5.01 Å². The van der Waals surface area contributed by atoms with E-state index in [-0.39, 0.29) is 17.9 Å². The van der Waals surface area contributed by atoms with Crippen LogP contribution < -0.4 is 10.6 Å². The summed E-state index contributed by atoms with van der Waals surface area (Å²) in [4.78, 5) is 36.0. The summed E-state index contributed by atoms with van der Waals surface area (Å²) in [6, 6.07) is 18.5. The van der Waals surface area contributed by atoms with Crippen LogP contribution in [0.4, 0.5) is 24.5 Å². The molecule has 1 atom stereocenters. The number of para-hydroxylation sites is 2. The summed E-state index contributed by atoms with van der Waals surface area (Å²) in [6.07, 6.45) is -3.33. The van der Waals surface area contributed by atoms with E-state index in [1.807, 2.05) is 60.7 Å². The van der Waals surface area contributed by atoms with Gasteiger partial charge in [0.2, 0.25) is 10.9 Å². The Morgan fingerprint density at radius 3 is 2.08 bits per heavy atom. The minimum Gasteiger partial charge on any atom is -0.475 e. The van der Waals surface area contributed by atoms with Gasteiger partial charge in [-0.2, -0.15) is 13.2 Å². The smallest absolute Gasteiger partial charge is 0.475 e. The zero-order valence-corrected chi connectivity index (χ0v) is 19.6. The maximum absolute atomic E-state index is 12.7. The molecule has 3 aromatic rings. The molecule has 2 aromatic carbocycles. The van der Waals surface area contributed by atoms with Crippen molar-refractivity contribution >= 4 is 40.5 Å². The van der Waals surface area contributed by atoms with Gasteiger partial charge in [-0.25, -0.2) is 4.79 Å². The van der Waals surface area contributed by atoms with Crippen molar-refractivity contribution in [2.24, 2.45) is 0 Å². The van der Waals surface area contributed by atoms with E-state index in [1.54, 1.807) is 0 Å². The van der Waals surface area contributed by atoms with E-state index < -0.39 is 12.1 Å². The summed E-state index contributed by atoms with van der Waals surface area (Å²) in [5.74, 6) is -3.05. The summed E-state index contributed by atoms with van der Waals surface area (Å²) in [5, 5.41) is 22.1. The van der Waals surface area contributed by atoms with E-state index in [1.165, 1.54) is 11.3 Å². The number of nitrogens with zero attached hydrogens (tertiary/aromatic N) is 3. The van der Waals surface area contributed by atoms with Crippen molar-refractivity contribution in [3.8, 4) is 0 Å². The second-order valence-corrected chi connectivity index (χ2v) is 8.67. The summed E-state index contributed by atoms with van der Waals surface area (Å²) < 4.78 is 31.7. The predicted molar refractivity (Wildman–Crippen MR) is 126 cm³/mol. The lowest BCUT2D eigenvalue weighted by atomic mass is 10.2. The second-order valence-electron chi connectivity index (χ2n) is 7.61. The summed E-state index contributed by atoms with van der Waals surface area (Å²) in [7, 11) is 0. The predicted octanol–water partition coefficient (Wildman–Crippen LogP) is 4.03. The minimum atomic E-state index is -5.08. The van der Waals surface area contributed by atoms with Crippen molar-refractivity contribution in [1.29, 1.82) is 0 Å². The lowest BCUT2D eigenvalue weighted by molar-refractivity contribution is -0.192. The van der Waals surface area contributed by atoms with Gasteiger partial charge in [-0.3, -0.25) is 14.5 Å². The molecule has 36 heavy (non-hydrogen) atoms. The topological polar surface area (TPSA) is 125 Å². The minimum absolute atomic E-state index is 0.0136. The quantitative estimate of drug-likeness (QED) is 0.447. The van der Waals surface area contributed by atoms with Gasteiger partial charge in [0.05, 0.1) is 12.6 Å². The number of carbonyl (C=O) groups excluding carboxylic acids is 2. The Labute approximate surface area is 208 Å². The number of carboxylic acids is 1. The van der Waals surface area contributed by atoms with Gasteiger partial charge in [-0.15, -0.1) is 10.2 Å². The standard InChI is InChI=1S/C21H21N5O2S.C2HF3O2/c27-19(22-15-8-3-1-4-9-15)17-12-7-13-26(17)14-18-24-25-21(29-18)20(28)23-16-10-5-2-6-11-16;3-2(4,5)1(6)7/h1-6,8-11,17H,7,12-14H2,(H,22,27)(H,23,28);(H,6,7). The number of aliphatic carboxylic acids is 1. The van der Waals surface area contributed by atoms with Gasteiger partial charge in [0.15, 0.2) is 0 Å². The molecule has 0 spiro atoms. The fraction of sp³-hybridized carbons (Fsp3) is 0.261. The number of carboxylic acid groups (broad SMARTS) is 1. The number of alkyl halides is 3. The maximum atomic E-state index is 12.7. The Kier molecular flexibility index (Phi) is 9.08. The number of likely N-dealkylation sites (tertiary alicyclic amines) is 1. The molecule has 0 aliphatic carbocycles. The molecule has 0 bridgehead atoms. The van der Waals surface area contributed by atoms with Crippen molar-refractivity contribution in [2.75, 3.05) is 17.2 Å². The third-order valence-electron chi connectivity index (χ3n) is 4.98. The van der Waals surface area contributed by atoms with E-state index >= 15 is 0 Å². The van der Waals surface area contributed by atoms with Gasteiger partial charge < -0.3 is 15.7 Å². The molecule has 1 aromatic heterocycles. The Balaban J connectivity index is 0.000000454. The van der Waals surface area contributed by atoms with Gasteiger partial charge in [0, 0.05) is 11.4 Å². The molecular formula is C23H22F3N5O4S. The first-order valence-electron chi connectivity index (χ1n) is 10.7. The van der Waals surface area contributed by atoms with Crippen molar-refractivity contribution in [3.05, 3.63) is 70.7 Å². The molecular weight excluding hydrogens is 499 g/mol. The van der Waals surface area contributed by atoms with E-state index in [4.69, 9.17) is 9.90 Å². The van der Waals surface area contributed by atoms with Crippen LogP contribution in [0.25, 0.3) is 0 Å². The number of aromatic nitrogens is 2. The fourth-order valence-electron chi connectivity index (χ4n) is 3.35. The van der Waals surface area contributed by atoms with Crippen molar-refractivity contribution < 1.29 is 32.7 Å². The van der Waals surface area contributed by atoms with Crippen LogP contribution in [0, 0.1) is 0 Å². The number of rotatable bonds is 6. The molecule has 2 amide bonds. The Morgan fingerprint density at radius 2 is 1.53 bits per heavy atom. The molecule has 1 aliphatic heterocycles. The largest absolute Gasteiger partial charge is 0.490 e. The van der Waals surface area contributed by atoms with Crippen LogP contribution >= 0.6 is 11.3 Å². The highest BCUT2D eigenvalue weighted by Crippen LogP contribution is 2.23. The van der Waals surface area contributed by atoms with Crippen LogP contribution in [0.5, 0.6) is 0 Å². The van der Waals surface area contributed by atoms with E-state index in [0.29, 0.717) is 17.2 Å². The molecule has 2 heterocycles. The molecule has 1 saturated heterocycles. The fourth-order valence-corrected chi connectivity index (χ4v) is 4.11. The van der Waals surface area contributed by atoms with Crippen LogP contribution in [0.3, 0.4) is 0 Å². The molecule has 1 fully saturated rings. The highest BCUT2D eigenvalue weighted by molar-refractivity contribution is 7.13. The summed E-state index contributed by atoms with van der Waals surface area (Å²) >= 11 is 1.26. The summed E-state index contributed by atoms with van der Waals surface area (Å²) in [6.45, 7) is 1.32. The van der Waals surface area contributed by atoms with E-state index in [0.717, 1.165) is 30.1 Å². The molecule has 4 rings (SSSR count). The van der Waals surface area contributed by atoms with Gasteiger partial charge >= 0.3 is 12.1 Å². The molecule has 3 N–H and O–H groups in total. The molecule has 13 heteroatoms. The number of carbonyl (C=O) groups is 3. The zero-order valence-electron chi connectivity index (χ0n) is 18.7. The lowest BCUT2D eigenvalue weighted by Crippen LogP contribution is -2.39. The average molecular weight is 522 g/mol. The van der Waals surface area contributed by atoms with Gasteiger partial charge in [0.25, 0.3) is 5.91 Å². The highest BCUT2D eigenvalue weighted by Gasteiger charge is 2.38. The number of hydrogen-bond acceptors (Lipinski definition) is 7. The number of halogens is 3. The monoisotopic (exact) mass is 521 g/mol. The summed E-state index contributed by atoms with van der Waals surface area (Å²) in [5.41, 5.74) is 1.51.